The lowest BCUT2D eigenvalue weighted by Crippen LogP contribution is -2.29. The van der Waals surface area contributed by atoms with Crippen LogP contribution in [0.25, 0.3) is 67.2 Å². The van der Waals surface area contributed by atoms with E-state index < -0.39 is 7.12 Å². The molecule has 0 aliphatic heterocycles. The minimum Gasteiger partial charge on any atom is -0.456 e. The first kappa shape index (κ1) is 24.0. The number of benzene rings is 5. The van der Waals surface area contributed by atoms with E-state index in [0.717, 1.165) is 38.6 Å². The molecule has 0 radical (unpaired) electrons. The summed E-state index contributed by atoms with van der Waals surface area (Å²) in [6.45, 7) is 0. The van der Waals surface area contributed by atoms with Crippen LogP contribution in [0.1, 0.15) is 0 Å². The van der Waals surface area contributed by atoms with Crippen molar-refractivity contribution < 1.29 is 14.5 Å². The van der Waals surface area contributed by atoms with Gasteiger partial charge in [-0.2, -0.15) is 0 Å². The van der Waals surface area contributed by atoms with Gasteiger partial charge in [0.1, 0.15) is 11.2 Å². The third kappa shape index (κ3) is 4.33. The summed E-state index contributed by atoms with van der Waals surface area (Å²) in [4.78, 5) is 14.4. The van der Waals surface area contributed by atoms with E-state index in [0.29, 0.717) is 34.1 Å². The second-order valence-electron chi connectivity index (χ2n) is 9.53. The summed E-state index contributed by atoms with van der Waals surface area (Å²) in [5, 5.41) is 21.3. The van der Waals surface area contributed by atoms with Crippen LogP contribution in [0.2, 0.25) is 0 Å². The summed E-state index contributed by atoms with van der Waals surface area (Å²) in [5.74, 6) is 1.84. The SMILES string of the molecule is OB(O)c1cccc2c1oc1cc(-c3ccc(-c4nc(-c5ccccc5)nc(-c5ccccc5)n4)cc3)ccc12. The van der Waals surface area contributed by atoms with E-state index in [1.807, 2.05) is 109 Å². The lowest BCUT2D eigenvalue weighted by atomic mass is 9.79. The summed E-state index contributed by atoms with van der Waals surface area (Å²) in [6, 6.07) is 39.3. The fourth-order valence-electron chi connectivity index (χ4n) is 4.95. The molecule has 0 unspecified atom stereocenters. The van der Waals surface area contributed by atoms with Gasteiger partial charge in [-0.1, -0.05) is 109 Å². The zero-order valence-corrected chi connectivity index (χ0v) is 21.3. The van der Waals surface area contributed by atoms with Gasteiger partial charge in [-0.25, -0.2) is 15.0 Å². The Bertz CT molecular complexity index is 1920. The molecule has 0 aliphatic rings. The van der Waals surface area contributed by atoms with E-state index in [1.54, 1.807) is 12.1 Å². The topological polar surface area (TPSA) is 92.3 Å². The predicted molar refractivity (Wildman–Crippen MR) is 159 cm³/mol. The van der Waals surface area contributed by atoms with Gasteiger partial charge in [-0.05, 0) is 23.3 Å². The van der Waals surface area contributed by atoms with Gasteiger partial charge in [-0.15, -0.1) is 0 Å². The quantitative estimate of drug-likeness (QED) is 0.266. The van der Waals surface area contributed by atoms with E-state index in [9.17, 15) is 10.0 Å². The highest BCUT2D eigenvalue weighted by Gasteiger charge is 2.19. The molecule has 5 aromatic carbocycles. The summed E-state index contributed by atoms with van der Waals surface area (Å²) in [6.07, 6.45) is 0. The fourth-order valence-corrected chi connectivity index (χ4v) is 4.95. The smallest absolute Gasteiger partial charge is 0.456 e. The van der Waals surface area contributed by atoms with Crippen LogP contribution in [0.3, 0.4) is 0 Å². The van der Waals surface area contributed by atoms with Crippen molar-refractivity contribution in [1.29, 1.82) is 0 Å². The highest BCUT2D eigenvalue weighted by molar-refractivity contribution is 6.61. The third-order valence-electron chi connectivity index (χ3n) is 6.98. The van der Waals surface area contributed by atoms with Crippen LogP contribution in [0, 0.1) is 0 Å². The molecular formula is C33H22BN3O3. The van der Waals surface area contributed by atoms with Gasteiger partial charge in [0.15, 0.2) is 17.5 Å². The molecule has 2 N–H and O–H groups in total. The van der Waals surface area contributed by atoms with Gasteiger partial charge in [0.2, 0.25) is 0 Å². The number of hydrogen-bond donors (Lipinski definition) is 2. The monoisotopic (exact) mass is 519 g/mol. The lowest BCUT2D eigenvalue weighted by Gasteiger charge is -2.09. The van der Waals surface area contributed by atoms with E-state index in [1.165, 1.54) is 0 Å². The number of rotatable bonds is 5. The molecule has 0 spiro atoms. The molecule has 7 rings (SSSR count). The molecular weight excluding hydrogens is 497 g/mol. The Hall–Kier alpha value is -5.11. The van der Waals surface area contributed by atoms with E-state index in [4.69, 9.17) is 19.4 Å². The first-order valence-electron chi connectivity index (χ1n) is 12.9. The molecule has 0 atom stereocenters. The number of furan rings is 1. The Balaban J connectivity index is 1.28. The number of para-hydroxylation sites is 1. The van der Waals surface area contributed by atoms with Crippen molar-refractivity contribution in [3.8, 4) is 45.3 Å². The standard InChI is InChI=1S/C33H22BN3O3/c38-34(39)28-13-7-12-27-26-19-18-25(20-29(26)40-30(27)28)21-14-16-24(17-15-21)33-36-31(22-8-3-1-4-9-22)35-32(37-33)23-10-5-2-6-11-23/h1-20,38-39H. The van der Waals surface area contributed by atoms with Crippen LogP contribution in [0.5, 0.6) is 0 Å². The van der Waals surface area contributed by atoms with Crippen LogP contribution >= 0.6 is 0 Å². The van der Waals surface area contributed by atoms with Crippen molar-refractivity contribution in [2.45, 2.75) is 0 Å². The van der Waals surface area contributed by atoms with Crippen molar-refractivity contribution in [2.75, 3.05) is 0 Å². The molecule has 0 saturated carbocycles. The second-order valence-corrected chi connectivity index (χ2v) is 9.53. The molecule has 6 nitrogen and oxygen atoms in total. The Morgan fingerprint density at radius 3 is 1.57 bits per heavy atom. The van der Waals surface area contributed by atoms with Crippen molar-refractivity contribution in [3.63, 3.8) is 0 Å². The third-order valence-corrected chi connectivity index (χ3v) is 6.98. The molecule has 0 amide bonds. The van der Waals surface area contributed by atoms with Gasteiger partial charge >= 0.3 is 7.12 Å². The Morgan fingerprint density at radius 1 is 0.475 bits per heavy atom. The van der Waals surface area contributed by atoms with Crippen molar-refractivity contribution in [2.24, 2.45) is 0 Å². The minimum atomic E-state index is -1.60. The molecule has 0 fully saturated rings. The van der Waals surface area contributed by atoms with E-state index in [2.05, 4.69) is 0 Å². The highest BCUT2D eigenvalue weighted by atomic mass is 16.4. The molecule has 0 saturated heterocycles. The lowest BCUT2D eigenvalue weighted by molar-refractivity contribution is 0.425. The molecule has 190 valence electrons. The maximum atomic E-state index is 9.74. The van der Waals surface area contributed by atoms with Gasteiger partial charge in [0.25, 0.3) is 0 Å². The average Bonchev–Trinajstić information content (AvgIpc) is 3.40. The summed E-state index contributed by atoms with van der Waals surface area (Å²) < 4.78 is 6.06. The highest BCUT2D eigenvalue weighted by Crippen LogP contribution is 2.32. The number of fused-ring (bicyclic) bond motifs is 3. The summed E-state index contributed by atoms with van der Waals surface area (Å²) in [5.41, 5.74) is 6.24. The normalized spacial score (nSPS) is 11.2. The number of hydrogen-bond acceptors (Lipinski definition) is 6. The van der Waals surface area contributed by atoms with E-state index in [-0.39, 0.29) is 0 Å². The van der Waals surface area contributed by atoms with Gasteiger partial charge in [0, 0.05) is 32.9 Å². The molecule has 2 heterocycles. The van der Waals surface area contributed by atoms with Crippen LogP contribution in [0.4, 0.5) is 0 Å². The molecule has 7 aromatic rings. The average molecular weight is 519 g/mol. The zero-order chi connectivity index (χ0) is 27.1. The number of nitrogens with zero attached hydrogens (tertiary/aromatic N) is 3. The van der Waals surface area contributed by atoms with Crippen molar-refractivity contribution in [1.82, 2.24) is 15.0 Å². The fraction of sp³-hybridized carbons (Fsp3) is 0. The molecule has 7 heteroatoms. The van der Waals surface area contributed by atoms with Crippen LogP contribution in [0.15, 0.2) is 126 Å². The maximum Gasteiger partial charge on any atom is 0.492 e. The van der Waals surface area contributed by atoms with E-state index >= 15 is 0 Å². The molecule has 2 aromatic heterocycles. The summed E-state index contributed by atoms with van der Waals surface area (Å²) >= 11 is 0. The van der Waals surface area contributed by atoms with Crippen LogP contribution in [-0.2, 0) is 0 Å². The van der Waals surface area contributed by atoms with Gasteiger partial charge < -0.3 is 14.5 Å². The Labute approximate surface area is 230 Å². The molecule has 0 bridgehead atoms. The maximum absolute atomic E-state index is 9.74. The predicted octanol–water partition coefficient (Wildman–Crippen LogP) is 6.12. The Kier molecular flexibility index (Phi) is 5.93. The minimum absolute atomic E-state index is 0.349. The molecule has 0 aliphatic carbocycles. The summed E-state index contributed by atoms with van der Waals surface area (Å²) in [7, 11) is -1.60. The van der Waals surface area contributed by atoms with Crippen molar-refractivity contribution in [3.05, 3.63) is 121 Å². The zero-order valence-electron chi connectivity index (χ0n) is 21.3. The van der Waals surface area contributed by atoms with Crippen molar-refractivity contribution >= 4 is 34.5 Å². The first-order valence-corrected chi connectivity index (χ1v) is 12.9. The first-order chi connectivity index (χ1) is 19.6. The largest absolute Gasteiger partial charge is 0.492 e. The van der Waals surface area contributed by atoms with Gasteiger partial charge in [0.05, 0.1) is 0 Å². The van der Waals surface area contributed by atoms with Crippen LogP contribution in [-0.4, -0.2) is 32.1 Å². The number of aromatic nitrogens is 3. The molecule has 40 heavy (non-hydrogen) atoms. The van der Waals surface area contributed by atoms with Crippen LogP contribution < -0.4 is 5.46 Å². The Morgan fingerprint density at radius 2 is 1.00 bits per heavy atom. The van der Waals surface area contributed by atoms with Gasteiger partial charge in [-0.3, -0.25) is 0 Å². The second kappa shape index (κ2) is 9.89.